The van der Waals surface area contributed by atoms with Gasteiger partial charge < -0.3 is 10.1 Å². The van der Waals surface area contributed by atoms with Crippen molar-refractivity contribution >= 4 is 23.1 Å². The molecule has 0 saturated carbocycles. The first-order valence-corrected chi connectivity index (χ1v) is 6.85. The van der Waals surface area contributed by atoms with E-state index in [9.17, 15) is 4.79 Å². The van der Waals surface area contributed by atoms with Gasteiger partial charge in [-0.3, -0.25) is 4.79 Å². The third-order valence-corrected chi connectivity index (χ3v) is 3.27. The van der Waals surface area contributed by atoms with Crippen LogP contribution in [0.15, 0.2) is 54.7 Å². The van der Waals surface area contributed by atoms with Crippen LogP contribution >= 0.6 is 11.6 Å². The molecule has 0 aliphatic carbocycles. The average Bonchev–Trinajstić information content (AvgIpc) is 2.49. The molecule has 4 heteroatoms. The molecule has 0 unspecified atom stereocenters. The third-order valence-electron chi connectivity index (χ3n) is 3.04. The quantitative estimate of drug-likeness (QED) is 0.654. The SMILES string of the molecule is COc1ccc(C(=O)/C=C/Nc2ccc(Cl)cc2C)cc1. The van der Waals surface area contributed by atoms with E-state index < -0.39 is 0 Å². The van der Waals surface area contributed by atoms with Crippen molar-refractivity contribution in [3.63, 3.8) is 0 Å². The summed E-state index contributed by atoms with van der Waals surface area (Å²) in [5, 5.41) is 3.77. The number of aryl methyl sites for hydroxylation is 1. The average molecular weight is 302 g/mol. The number of hydrogen-bond donors (Lipinski definition) is 1. The predicted octanol–water partition coefficient (Wildman–Crippen LogP) is 4.47. The van der Waals surface area contributed by atoms with Crippen molar-refractivity contribution < 1.29 is 9.53 Å². The van der Waals surface area contributed by atoms with Crippen molar-refractivity contribution in [2.75, 3.05) is 12.4 Å². The van der Waals surface area contributed by atoms with Crippen LogP contribution in [0.3, 0.4) is 0 Å². The zero-order valence-electron chi connectivity index (χ0n) is 11.9. The second kappa shape index (κ2) is 6.95. The Labute approximate surface area is 129 Å². The first-order chi connectivity index (χ1) is 10.1. The molecule has 0 aromatic heterocycles. The summed E-state index contributed by atoms with van der Waals surface area (Å²) in [6.45, 7) is 1.95. The lowest BCUT2D eigenvalue weighted by Gasteiger charge is -2.05. The van der Waals surface area contributed by atoms with E-state index in [4.69, 9.17) is 16.3 Å². The van der Waals surface area contributed by atoms with Gasteiger partial charge in [0.05, 0.1) is 7.11 Å². The van der Waals surface area contributed by atoms with E-state index >= 15 is 0 Å². The lowest BCUT2D eigenvalue weighted by molar-refractivity contribution is 0.104. The van der Waals surface area contributed by atoms with Crippen molar-refractivity contribution in [1.82, 2.24) is 0 Å². The van der Waals surface area contributed by atoms with Crippen LogP contribution in [0.25, 0.3) is 0 Å². The first kappa shape index (κ1) is 15.1. The lowest BCUT2D eigenvalue weighted by atomic mass is 10.1. The first-order valence-electron chi connectivity index (χ1n) is 6.48. The van der Waals surface area contributed by atoms with E-state index in [0.717, 1.165) is 17.0 Å². The largest absolute Gasteiger partial charge is 0.497 e. The standard InChI is InChI=1S/C17H16ClNO2/c1-12-11-14(18)5-8-16(12)19-10-9-17(20)13-3-6-15(21-2)7-4-13/h3-11,19H,1-2H3/b10-9+. The molecule has 0 heterocycles. The maximum atomic E-state index is 12.0. The number of carbonyl (C=O) groups is 1. The van der Waals surface area contributed by atoms with Gasteiger partial charge in [-0.25, -0.2) is 0 Å². The van der Waals surface area contributed by atoms with Gasteiger partial charge in [-0.2, -0.15) is 0 Å². The molecular weight excluding hydrogens is 286 g/mol. The molecule has 1 N–H and O–H groups in total. The number of allylic oxidation sites excluding steroid dienone is 1. The number of ether oxygens (including phenoxy) is 1. The van der Waals surface area contributed by atoms with Crippen molar-refractivity contribution in [3.8, 4) is 5.75 Å². The summed E-state index contributed by atoms with van der Waals surface area (Å²) >= 11 is 5.90. The monoisotopic (exact) mass is 301 g/mol. The molecule has 2 aromatic carbocycles. The minimum atomic E-state index is -0.0724. The molecule has 0 spiro atoms. The Kier molecular flexibility index (Phi) is 5.01. The van der Waals surface area contributed by atoms with E-state index in [2.05, 4.69) is 5.32 Å². The Morgan fingerprint density at radius 1 is 1.19 bits per heavy atom. The van der Waals surface area contributed by atoms with Crippen molar-refractivity contribution in [2.24, 2.45) is 0 Å². The third kappa shape index (κ3) is 4.10. The normalized spacial score (nSPS) is 10.6. The van der Waals surface area contributed by atoms with E-state index in [-0.39, 0.29) is 5.78 Å². The van der Waals surface area contributed by atoms with Crippen LogP contribution in [-0.2, 0) is 0 Å². The van der Waals surface area contributed by atoms with Crippen LogP contribution < -0.4 is 10.1 Å². The molecule has 0 fully saturated rings. The Bertz CT molecular complexity index is 663. The zero-order valence-corrected chi connectivity index (χ0v) is 12.6. The van der Waals surface area contributed by atoms with Crippen LogP contribution in [0.2, 0.25) is 5.02 Å². The van der Waals surface area contributed by atoms with Crippen LogP contribution in [0.1, 0.15) is 15.9 Å². The van der Waals surface area contributed by atoms with Gasteiger partial charge in [0.2, 0.25) is 0 Å². The molecule has 2 rings (SSSR count). The van der Waals surface area contributed by atoms with Gasteiger partial charge in [0.1, 0.15) is 5.75 Å². The molecule has 0 aliphatic rings. The number of hydrogen-bond acceptors (Lipinski definition) is 3. The van der Waals surface area contributed by atoms with Gasteiger partial charge in [0, 0.05) is 28.5 Å². The number of anilines is 1. The number of methoxy groups -OCH3 is 1. The number of carbonyl (C=O) groups excluding carboxylic acids is 1. The Balaban J connectivity index is 2.01. The maximum Gasteiger partial charge on any atom is 0.187 e. The van der Waals surface area contributed by atoms with Gasteiger partial charge in [0.25, 0.3) is 0 Å². The highest BCUT2D eigenvalue weighted by Crippen LogP contribution is 2.19. The summed E-state index contributed by atoms with van der Waals surface area (Å²) < 4.78 is 5.06. The number of benzene rings is 2. The zero-order chi connectivity index (χ0) is 15.2. The topological polar surface area (TPSA) is 38.3 Å². The van der Waals surface area contributed by atoms with Gasteiger partial charge in [-0.15, -0.1) is 0 Å². The van der Waals surface area contributed by atoms with E-state index in [0.29, 0.717) is 10.6 Å². The molecule has 0 bridgehead atoms. The smallest absolute Gasteiger partial charge is 0.187 e. The molecule has 0 amide bonds. The molecular formula is C17H16ClNO2. The highest BCUT2D eigenvalue weighted by atomic mass is 35.5. The second-order valence-corrected chi connectivity index (χ2v) is 4.97. The summed E-state index contributed by atoms with van der Waals surface area (Å²) in [7, 11) is 1.59. The molecule has 108 valence electrons. The van der Waals surface area contributed by atoms with Crippen LogP contribution in [-0.4, -0.2) is 12.9 Å². The maximum absolute atomic E-state index is 12.0. The fourth-order valence-electron chi connectivity index (χ4n) is 1.85. The van der Waals surface area contributed by atoms with E-state index in [1.807, 2.05) is 19.1 Å². The lowest BCUT2D eigenvalue weighted by Crippen LogP contribution is -1.97. The van der Waals surface area contributed by atoms with Gasteiger partial charge in [-0.05, 0) is 55.0 Å². The summed E-state index contributed by atoms with van der Waals surface area (Å²) in [6, 6.07) is 12.5. The number of nitrogens with one attached hydrogen (secondary N) is 1. The highest BCUT2D eigenvalue weighted by molar-refractivity contribution is 6.30. The minimum Gasteiger partial charge on any atom is -0.497 e. The molecule has 21 heavy (non-hydrogen) atoms. The summed E-state index contributed by atoms with van der Waals surface area (Å²) in [5.41, 5.74) is 2.55. The number of rotatable bonds is 5. The van der Waals surface area contributed by atoms with Crippen molar-refractivity contribution in [2.45, 2.75) is 6.92 Å². The van der Waals surface area contributed by atoms with Crippen molar-refractivity contribution in [3.05, 3.63) is 70.9 Å². The fourth-order valence-corrected chi connectivity index (χ4v) is 2.07. The Morgan fingerprint density at radius 3 is 2.52 bits per heavy atom. The minimum absolute atomic E-state index is 0.0724. The summed E-state index contributed by atoms with van der Waals surface area (Å²) in [5.74, 6) is 0.655. The molecule has 3 nitrogen and oxygen atoms in total. The fraction of sp³-hybridized carbons (Fsp3) is 0.118. The second-order valence-electron chi connectivity index (χ2n) is 4.53. The number of halogens is 1. The van der Waals surface area contributed by atoms with E-state index in [1.165, 1.54) is 6.08 Å². The van der Waals surface area contributed by atoms with Crippen LogP contribution in [0.4, 0.5) is 5.69 Å². The van der Waals surface area contributed by atoms with Crippen molar-refractivity contribution in [1.29, 1.82) is 0 Å². The van der Waals surface area contributed by atoms with Gasteiger partial charge in [0.15, 0.2) is 5.78 Å². The van der Waals surface area contributed by atoms with Gasteiger partial charge >= 0.3 is 0 Å². The van der Waals surface area contributed by atoms with Crippen LogP contribution in [0.5, 0.6) is 5.75 Å². The highest BCUT2D eigenvalue weighted by Gasteiger charge is 2.02. The molecule has 0 saturated heterocycles. The van der Waals surface area contributed by atoms with Crippen LogP contribution in [0, 0.1) is 6.92 Å². The Hall–Kier alpha value is -2.26. The summed E-state index contributed by atoms with van der Waals surface area (Å²) in [6.07, 6.45) is 3.12. The molecule has 0 atom stereocenters. The molecule has 0 aliphatic heterocycles. The molecule has 0 radical (unpaired) electrons. The van der Waals surface area contributed by atoms with E-state index in [1.54, 1.807) is 43.6 Å². The van der Waals surface area contributed by atoms with Gasteiger partial charge in [-0.1, -0.05) is 11.6 Å². The molecule has 2 aromatic rings. The summed E-state index contributed by atoms with van der Waals surface area (Å²) in [4.78, 5) is 12.0. The Morgan fingerprint density at radius 2 is 1.90 bits per heavy atom. The predicted molar refractivity (Wildman–Crippen MR) is 86.3 cm³/mol. The number of ketones is 1.